The van der Waals surface area contributed by atoms with Gasteiger partial charge in [0.2, 0.25) is 11.8 Å². The average molecular weight is 331 g/mol. The van der Waals surface area contributed by atoms with Crippen molar-refractivity contribution in [3.8, 4) is 5.75 Å². The van der Waals surface area contributed by atoms with Gasteiger partial charge in [0.15, 0.2) is 0 Å². The quantitative estimate of drug-likeness (QED) is 0.881. The van der Waals surface area contributed by atoms with Crippen LogP contribution in [-0.2, 0) is 16.8 Å². The number of ether oxygens (including phenoxy) is 1. The van der Waals surface area contributed by atoms with Crippen molar-refractivity contribution < 1.29 is 14.1 Å². The van der Waals surface area contributed by atoms with Crippen LogP contribution in [0.4, 0.5) is 5.88 Å². The second-order valence-corrected chi connectivity index (χ2v) is 6.89. The molecular formula is C18H25N3O3. The van der Waals surface area contributed by atoms with Gasteiger partial charge in [0.25, 0.3) is 0 Å². The molecule has 0 aliphatic heterocycles. The van der Waals surface area contributed by atoms with Gasteiger partial charge in [0.1, 0.15) is 5.75 Å². The lowest BCUT2D eigenvalue weighted by molar-refractivity contribution is -0.117. The summed E-state index contributed by atoms with van der Waals surface area (Å²) in [6.45, 7) is 7.05. The fraction of sp³-hybridized carbons (Fsp3) is 0.444. The maximum Gasteiger partial charge on any atom is 0.240 e. The van der Waals surface area contributed by atoms with Gasteiger partial charge in [-0.1, -0.05) is 38.1 Å². The summed E-state index contributed by atoms with van der Waals surface area (Å²) >= 11 is 0. The highest BCUT2D eigenvalue weighted by molar-refractivity contribution is 5.90. The SMILES string of the molecule is COc1ccc(CN(C)CC(=O)Nc2cc(C(C)(C)C)no2)cc1. The number of nitrogens with one attached hydrogen (secondary N) is 1. The number of benzene rings is 1. The fourth-order valence-electron chi connectivity index (χ4n) is 2.21. The Morgan fingerprint density at radius 3 is 2.50 bits per heavy atom. The number of carbonyl (C=O) groups is 1. The predicted molar refractivity (Wildman–Crippen MR) is 93.2 cm³/mol. The minimum atomic E-state index is -0.136. The third-order valence-electron chi connectivity index (χ3n) is 3.57. The van der Waals surface area contributed by atoms with Crippen molar-refractivity contribution in [2.24, 2.45) is 0 Å². The molecule has 0 radical (unpaired) electrons. The number of aromatic nitrogens is 1. The number of hydrogen-bond donors (Lipinski definition) is 1. The molecule has 2 aromatic rings. The zero-order valence-electron chi connectivity index (χ0n) is 14.9. The lowest BCUT2D eigenvalue weighted by Crippen LogP contribution is -2.29. The van der Waals surface area contributed by atoms with Crippen molar-refractivity contribution in [2.45, 2.75) is 32.7 Å². The molecule has 24 heavy (non-hydrogen) atoms. The van der Waals surface area contributed by atoms with E-state index in [1.807, 2.05) is 57.0 Å². The molecule has 1 amide bonds. The van der Waals surface area contributed by atoms with Crippen molar-refractivity contribution in [3.05, 3.63) is 41.6 Å². The Bertz CT molecular complexity index is 672. The fourth-order valence-corrected chi connectivity index (χ4v) is 2.21. The van der Waals surface area contributed by atoms with Gasteiger partial charge in [-0.2, -0.15) is 0 Å². The van der Waals surface area contributed by atoms with E-state index in [4.69, 9.17) is 9.26 Å². The van der Waals surface area contributed by atoms with Crippen LogP contribution in [0.1, 0.15) is 32.0 Å². The highest BCUT2D eigenvalue weighted by Gasteiger charge is 2.19. The zero-order chi connectivity index (χ0) is 17.7. The van der Waals surface area contributed by atoms with E-state index in [1.165, 1.54) is 0 Å². The van der Waals surface area contributed by atoms with Crippen LogP contribution in [0.3, 0.4) is 0 Å². The molecule has 2 rings (SSSR count). The van der Waals surface area contributed by atoms with Crippen LogP contribution >= 0.6 is 0 Å². The second kappa shape index (κ2) is 7.49. The number of carbonyl (C=O) groups excluding carboxylic acids is 1. The second-order valence-electron chi connectivity index (χ2n) is 6.89. The van der Waals surface area contributed by atoms with E-state index in [9.17, 15) is 4.79 Å². The number of nitrogens with zero attached hydrogens (tertiary/aromatic N) is 2. The summed E-state index contributed by atoms with van der Waals surface area (Å²) < 4.78 is 10.3. The average Bonchev–Trinajstić information content (AvgIpc) is 2.96. The van der Waals surface area contributed by atoms with Crippen LogP contribution in [0.15, 0.2) is 34.9 Å². The first-order valence-electron chi connectivity index (χ1n) is 7.86. The highest BCUT2D eigenvalue weighted by atomic mass is 16.5. The molecule has 0 fully saturated rings. The first-order valence-corrected chi connectivity index (χ1v) is 7.86. The van der Waals surface area contributed by atoms with Gasteiger partial charge in [-0.3, -0.25) is 15.0 Å². The van der Waals surface area contributed by atoms with Crippen LogP contribution in [0.5, 0.6) is 5.75 Å². The Hall–Kier alpha value is -2.34. The van der Waals surface area contributed by atoms with E-state index < -0.39 is 0 Å². The molecule has 6 heteroatoms. The molecule has 6 nitrogen and oxygen atoms in total. The molecule has 0 unspecified atom stereocenters. The molecule has 1 aromatic heterocycles. The Balaban J connectivity index is 1.85. The van der Waals surface area contributed by atoms with Gasteiger partial charge in [0, 0.05) is 18.0 Å². The van der Waals surface area contributed by atoms with E-state index in [0.717, 1.165) is 17.0 Å². The summed E-state index contributed by atoms with van der Waals surface area (Å²) in [5.74, 6) is 1.06. The summed E-state index contributed by atoms with van der Waals surface area (Å²) in [6, 6.07) is 9.55. The van der Waals surface area contributed by atoms with E-state index in [2.05, 4.69) is 10.5 Å². The van der Waals surface area contributed by atoms with Crippen LogP contribution < -0.4 is 10.1 Å². The Kier molecular flexibility index (Phi) is 5.62. The molecule has 0 saturated heterocycles. The standard InChI is InChI=1S/C18H25N3O3/c1-18(2,3)15-10-17(24-20-15)19-16(22)12-21(4)11-13-6-8-14(23-5)9-7-13/h6-10H,11-12H2,1-5H3,(H,19,22). The van der Waals surface area contributed by atoms with Crippen molar-refractivity contribution in [1.82, 2.24) is 10.1 Å². The van der Waals surface area contributed by atoms with E-state index in [0.29, 0.717) is 12.4 Å². The Morgan fingerprint density at radius 2 is 1.96 bits per heavy atom. The maximum atomic E-state index is 12.1. The van der Waals surface area contributed by atoms with Crippen LogP contribution in [0.2, 0.25) is 0 Å². The first kappa shape index (κ1) is 18.0. The summed E-state index contributed by atoms with van der Waals surface area (Å²) in [7, 11) is 3.53. The molecule has 1 aromatic carbocycles. The monoisotopic (exact) mass is 331 g/mol. The lowest BCUT2D eigenvalue weighted by atomic mass is 9.92. The summed E-state index contributed by atoms with van der Waals surface area (Å²) in [4.78, 5) is 14.0. The van der Waals surface area contributed by atoms with E-state index in [-0.39, 0.29) is 17.9 Å². The number of methoxy groups -OCH3 is 1. The Morgan fingerprint density at radius 1 is 1.29 bits per heavy atom. The minimum Gasteiger partial charge on any atom is -0.497 e. The van der Waals surface area contributed by atoms with Crippen molar-refractivity contribution in [1.29, 1.82) is 0 Å². The summed E-state index contributed by atoms with van der Waals surface area (Å²) in [5.41, 5.74) is 1.81. The molecule has 1 heterocycles. The lowest BCUT2D eigenvalue weighted by Gasteiger charge is -2.16. The predicted octanol–water partition coefficient (Wildman–Crippen LogP) is 3.05. The van der Waals surface area contributed by atoms with Crippen molar-refractivity contribution in [2.75, 3.05) is 26.0 Å². The topological polar surface area (TPSA) is 67.6 Å². The number of anilines is 1. The van der Waals surface area contributed by atoms with Gasteiger partial charge in [0.05, 0.1) is 19.3 Å². The molecule has 1 N–H and O–H groups in total. The van der Waals surface area contributed by atoms with Gasteiger partial charge < -0.3 is 9.26 Å². The van der Waals surface area contributed by atoms with Crippen LogP contribution in [-0.4, -0.2) is 36.7 Å². The third kappa shape index (κ3) is 5.09. The molecule has 0 aliphatic carbocycles. The van der Waals surface area contributed by atoms with E-state index >= 15 is 0 Å². The maximum absolute atomic E-state index is 12.1. The smallest absolute Gasteiger partial charge is 0.240 e. The molecule has 0 atom stereocenters. The Labute approximate surface area is 142 Å². The molecule has 0 spiro atoms. The largest absolute Gasteiger partial charge is 0.497 e. The molecule has 0 aliphatic rings. The molecule has 0 saturated carbocycles. The molecule has 130 valence electrons. The highest BCUT2D eigenvalue weighted by Crippen LogP contribution is 2.23. The van der Waals surface area contributed by atoms with Gasteiger partial charge in [-0.25, -0.2) is 0 Å². The van der Waals surface area contributed by atoms with Crippen molar-refractivity contribution in [3.63, 3.8) is 0 Å². The number of hydrogen-bond acceptors (Lipinski definition) is 5. The van der Waals surface area contributed by atoms with Crippen LogP contribution in [0, 0.1) is 0 Å². The summed E-state index contributed by atoms with van der Waals surface area (Å²) in [6.07, 6.45) is 0. The number of amides is 1. The van der Waals surface area contributed by atoms with Gasteiger partial charge in [-0.05, 0) is 24.7 Å². The zero-order valence-corrected chi connectivity index (χ0v) is 14.9. The first-order chi connectivity index (χ1) is 11.3. The van der Waals surface area contributed by atoms with E-state index in [1.54, 1.807) is 13.2 Å². The van der Waals surface area contributed by atoms with Gasteiger partial charge in [-0.15, -0.1) is 0 Å². The third-order valence-corrected chi connectivity index (χ3v) is 3.57. The van der Waals surface area contributed by atoms with Gasteiger partial charge >= 0.3 is 0 Å². The number of rotatable bonds is 6. The normalized spacial score (nSPS) is 11.6. The minimum absolute atomic E-state index is 0.113. The summed E-state index contributed by atoms with van der Waals surface area (Å²) in [5, 5.41) is 6.73. The molecule has 0 bridgehead atoms. The van der Waals surface area contributed by atoms with Crippen molar-refractivity contribution >= 4 is 11.8 Å². The van der Waals surface area contributed by atoms with Crippen LogP contribution in [0.25, 0.3) is 0 Å². The number of likely N-dealkylation sites (N-methyl/N-ethyl adjacent to an activating group) is 1. The molecular weight excluding hydrogens is 306 g/mol.